The minimum Gasteiger partial charge on any atom is -0.462 e. The molecule has 0 saturated heterocycles. The maximum absolute atomic E-state index is 13.9. The summed E-state index contributed by atoms with van der Waals surface area (Å²) in [6.45, 7) is 18.3. The Morgan fingerprint density at radius 1 is 0.811 bits per heavy atom. The molecule has 4 nitrogen and oxygen atoms in total. The van der Waals surface area contributed by atoms with Crippen molar-refractivity contribution in [2.24, 2.45) is 50.7 Å². The minimum atomic E-state index is -0.361. The number of fused-ring (bicyclic) bond motifs is 6. The monoisotopic (exact) mass is 512 g/mol. The fourth-order valence-corrected chi connectivity index (χ4v) is 11.7. The highest BCUT2D eigenvalue weighted by molar-refractivity contribution is 5.95. The van der Waals surface area contributed by atoms with Gasteiger partial charge in [-0.3, -0.25) is 9.59 Å². The molecule has 5 aliphatic carbocycles. The molecule has 0 bridgehead atoms. The number of methoxy groups -OCH3 is 1. The van der Waals surface area contributed by atoms with Gasteiger partial charge in [0.05, 0.1) is 6.10 Å². The number of ether oxygens (including phenoxy) is 2. The lowest BCUT2D eigenvalue weighted by molar-refractivity contribution is -0.178. The van der Waals surface area contributed by atoms with E-state index in [0.717, 1.165) is 25.7 Å². The van der Waals surface area contributed by atoms with Crippen molar-refractivity contribution in [3.63, 3.8) is 0 Å². The average Bonchev–Trinajstić information content (AvgIpc) is 2.92. The van der Waals surface area contributed by atoms with E-state index < -0.39 is 0 Å². The van der Waals surface area contributed by atoms with Gasteiger partial charge in [0.1, 0.15) is 6.10 Å². The number of rotatable bonds is 2. The fourth-order valence-electron chi connectivity index (χ4n) is 11.7. The molecule has 0 aromatic carbocycles. The van der Waals surface area contributed by atoms with E-state index in [0.29, 0.717) is 29.3 Å². The lowest BCUT2D eigenvalue weighted by Crippen LogP contribution is -2.58. The number of carbonyl (C=O) groups excluding carboxylic acids is 2. The maximum atomic E-state index is 13.9. The molecular weight excluding hydrogens is 460 g/mol. The molecule has 37 heavy (non-hydrogen) atoms. The van der Waals surface area contributed by atoms with Gasteiger partial charge in [0.25, 0.3) is 0 Å². The molecule has 9 atom stereocenters. The second kappa shape index (κ2) is 8.67. The molecule has 5 aliphatic rings. The van der Waals surface area contributed by atoms with Gasteiger partial charge < -0.3 is 9.47 Å². The first-order valence-electron chi connectivity index (χ1n) is 15.1. The van der Waals surface area contributed by atoms with E-state index in [1.165, 1.54) is 44.6 Å². The van der Waals surface area contributed by atoms with Crippen molar-refractivity contribution in [3.05, 3.63) is 11.6 Å². The van der Waals surface area contributed by atoms with Crippen LogP contribution in [0.1, 0.15) is 113 Å². The largest absolute Gasteiger partial charge is 0.462 e. The van der Waals surface area contributed by atoms with Crippen LogP contribution in [-0.2, 0) is 19.1 Å². The molecule has 4 heteroatoms. The number of hydrogen-bond acceptors (Lipinski definition) is 4. The van der Waals surface area contributed by atoms with Crippen molar-refractivity contribution in [2.75, 3.05) is 7.11 Å². The van der Waals surface area contributed by atoms with Gasteiger partial charge in [0.2, 0.25) is 0 Å². The highest BCUT2D eigenvalue weighted by Crippen LogP contribution is 2.70. The van der Waals surface area contributed by atoms with Crippen LogP contribution in [0, 0.1) is 50.7 Å². The molecule has 5 rings (SSSR count). The van der Waals surface area contributed by atoms with Crippen LogP contribution >= 0.6 is 0 Å². The zero-order valence-corrected chi connectivity index (χ0v) is 25.0. The highest BCUT2D eigenvalue weighted by atomic mass is 16.5. The summed E-state index contributed by atoms with van der Waals surface area (Å²) in [5.41, 5.74) is 1.75. The molecule has 0 aromatic rings. The van der Waals surface area contributed by atoms with Gasteiger partial charge in [-0.15, -0.1) is 0 Å². The third-order valence-electron chi connectivity index (χ3n) is 13.1. The molecular formula is C33H52O4. The van der Waals surface area contributed by atoms with E-state index in [1.54, 1.807) is 0 Å². The fraction of sp³-hybridized carbons (Fsp3) is 0.879. The number of carbonyl (C=O) groups is 2. The molecule has 0 N–H and O–H groups in total. The molecule has 0 unspecified atom stereocenters. The zero-order valence-electron chi connectivity index (χ0n) is 25.0. The summed E-state index contributed by atoms with van der Waals surface area (Å²) in [4.78, 5) is 25.8. The summed E-state index contributed by atoms with van der Waals surface area (Å²) in [7, 11) is 1.90. The first kappa shape index (κ1) is 27.4. The van der Waals surface area contributed by atoms with Crippen LogP contribution in [0.4, 0.5) is 0 Å². The van der Waals surface area contributed by atoms with E-state index >= 15 is 0 Å². The standard InChI is InChI=1S/C33H52O4/c1-20(34)37-27-14-16-32(7)22-10-11-25-31(6,19-21(22)18-23(35)28(32)30(27,4)5)15-12-24-29(2,3)26(36-9)13-17-33(24,25)8/h18,22,24-28H,10-17,19H2,1-9H3/t22-,24-,25-,26+,27+,28-,31-,32+,33-/m0/s1. The van der Waals surface area contributed by atoms with E-state index in [9.17, 15) is 9.59 Å². The smallest absolute Gasteiger partial charge is 0.302 e. The molecule has 0 radical (unpaired) electrons. The topological polar surface area (TPSA) is 52.6 Å². The summed E-state index contributed by atoms with van der Waals surface area (Å²) in [6, 6.07) is 0. The first-order valence-corrected chi connectivity index (χ1v) is 15.1. The van der Waals surface area contributed by atoms with Crippen LogP contribution in [0.15, 0.2) is 11.6 Å². The Bertz CT molecular complexity index is 992. The van der Waals surface area contributed by atoms with Gasteiger partial charge >= 0.3 is 5.97 Å². The summed E-state index contributed by atoms with van der Waals surface area (Å²) in [5, 5.41) is 0. The number of esters is 1. The Labute approximate surface area is 225 Å². The second-order valence-corrected chi connectivity index (χ2v) is 15.7. The SMILES string of the molecule is CO[C@@H]1CC[C@@]2(C)[C@@H](CC[C@@]3(C)CC4=CC(=O)[C@H]5C(C)(C)[C@H](OC(C)=O)CC[C@]5(C)[C@H]4CC[C@@H]32)C1(C)C. The van der Waals surface area contributed by atoms with Gasteiger partial charge in [-0.1, -0.05) is 54.0 Å². The summed E-state index contributed by atoms with van der Waals surface area (Å²) in [5.74, 6) is 1.74. The van der Waals surface area contributed by atoms with Crippen molar-refractivity contribution >= 4 is 11.8 Å². The van der Waals surface area contributed by atoms with Crippen LogP contribution < -0.4 is 0 Å². The number of allylic oxidation sites excluding steroid dienone is 2. The van der Waals surface area contributed by atoms with Crippen molar-refractivity contribution in [1.29, 1.82) is 0 Å². The molecule has 0 aliphatic heterocycles. The van der Waals surface area contributed by atoms with Crippen molar-refractivity contribution in [1.82, 2.24) is 0 Å². The molecule has 0 spiro atoms. The Hall–Kier alpha value is -1.16. The maximum Gasteiger partial charge on any atom is 0.302 e. The molecule has 0 heterocycles. The van der Waals surface area contributed by atoms with Crippen LogP contribution in [0.3, 0.4) is 0 Å². The van der Waals surface area contributed by atoms with Crippen LogP contribution in [0.2, 0.25) is 0 Å². The van der Waals surface area contributed by atoms with Crippen molar-refractivity contribution in [3.8, 4) is 0 Å². The van der Waals surface area contributed by atoms with Gasteiger partial charge in [-0.25, -0.2) is 0 Å². The van der Waals surface area contributed by atoms with E-state index in [1.807, 2.05) is 7.11 Å². The molecule has 0 amide bonds. The summed E-state index contributed by atoms with van der Waals surface area (Å²) >= 11 is 0. The third-order valence-corrected chi connectivity index (χ3v) is 13.1. The number of hydrogen-bond donors (Lipinski definition) is 0. The Balaban J connectivity index is 1.50. The second-order valence-electron chi connectivity index (χ2n) is 15.7. The average molecular weight is 513 g/mol. The van der Waals surface area contributed by atoms with Gasteiger partial charge in [0.15, 0.2) is 5.78 Å². The lowest BCUT2D eigenvalue weighted by Gasteiger charge is -2.64. The normalized spacial score (nSPS) is 48.4. The van der Waals surface area contributed by atoms with Crippen molar-refractivity contribution < 1.29 is 19.1 Å². The molecule has 208 valence electrons. The first-order chi connectivity index (χ1) is 17.1. The Morgan fingerprint density at radius 3 is 2.11 bits per heavy atom. The highest BCUT2D eigenvalue weighted by Gasteiger charge is 2.64. The predicted octanol–water partition coefficient (Wildman–Crippen LogP) is 7.54. The van der Waals surface area contributed by atoms with Gasteiger partial charge in [-0.2, -0.15) is 0 Å². The van der Waals surface area contributed by atoms with Crippen molar-refractivity contribution in [2.45, 2.75) is 125 Å². The summed E-state index contributed by atoms with van der Waals surface area (Å²) < 4.78 is 11.8. The van der Waals surface area contributed by atoms with Crippen LogP contribution in [-0.4, -0.2) is 31.1 Å². The van der Waals surface area contributed by atoms with Crippen LogP contribution in [0.25, 0.3) is 0 Å². The Morgan fingerprint density at radius 2 is 1.46 bits per heavy atom. The zero-order chi connectivity index (χ0) is 27.2. The van der Waals surface area contributed by atoms with E-state index in [4.69, 9.17) is 9.47 Å². The molecule has 4 fully saturated rings. The number of ketones is 1. The molecule has 0 aromatic heterocycles. The van der Waals surface area contributed by atoms with Gasteiger partial charge in [0, 0.05) is 25.4 Å². The summed E-state index contributed by atoms with van der Waals surface area (Å²) in [6.07, 6.45) is 12.4. The Kier molecular flexibility index (Phi) is 6.42. The third kappa shape index (κ3) is 3.85. The quantitative estimate of drug-likeness (QED) is 0.359. The lowest BCUT2D eigenvalue weighted by atomic mass is 9.42. The molecule has 4 saturated carbocycles. The van der Waals surface area contributed by atoms with E-state index in [2.05, 4.69) is 54.5 Å². The van der Waals surface area contributed by atoms with E-state index in [-0.39, 0.29) is 45.4 Å². The minimum absolute atomic E-state index is 0.0710. The predicted molar refractivity (Wildman–Crippen MR) is 147 cm³/mol. The van der Waals surface area contributed by atoms with Gasteiger partial charge in [-0.05, 0) is 103 Å². The van der Waals surface area contributed by atoms with Crippen LogP contribution in [0.5, 0.6) is 0 Å².